The Bertz CT molecular complexity index is 385. The number of hydrogen-bond acceptors (Lipinski definition) is 2. The number of aryl methyl sites for hydroxylation is 1. The highest BCUT2D eigenvalue weighted by molar-refractivity contribution is 6.32. The van der Waals surface area contributed by atoms with E-state index in [1.807, 2.05) is 26.0 Å². The first-order valence-electron chi connectivity index (χ1n) is 5.16. The lowest BCUT2D eigenvalue weighted by atomic mass is 10.1. The average molecular weight is 227 g/mol. The van der Waals surface area contributed by atoms with Crippen molar-refractivity contribution in [2.75, 3.05) is 6.61 Å². The van der Waals surface area contributed by atoms with E-state index in [2.05, 4.69) is 6.92 Å². The van der Waals surface area contributed by atoms with Crippen LogP contribution in [0.25, 0.3) is 0 Å². The summed E-state index contributed by atoms with van der Waals surface area (Å²) in [5.41, 5.74) is 0.867. The van der Waals surface area contributed by atoms with Crippen LogP contribution in [0.3, 0.4) is 0 Å². The summed E-state index contributed by atoms with van der Waals surface area (Å²) >= 11 is 6.15. The molecule has 0 fully saturated rings. The highest BCUT2D eigenvalue weighted by Crippen LogP contribution is 2.41. The quantitative estimate of drug-likeness (QED) is 0.730. The van der Waals surface area contributed by atoms with E-state index in [1.54, 1.807) is 0 Å². The van der Waals surface area contributed by atoms with Crippen molar-refractivity contribution in [1.29, 1.82) is 0 Å². The Morgan fingerprint density at radius 1 is 1.40 bits per heavy atom. The van der Waals surface area contributed by atoms with Crippen LogP contribution >= 0.6 is 11.6 Å². The summed E-state index contributed by atoms with van der Waals surface area (Å²) < 4.78 is 11.4. The smallest absolute Gasteiger partial charge is 0.180 e. The molecule has 1 heterocycles. The standard InChI is InChI=1S/C12H15ClO2/c1-4-8-5-9(13)11-10(6-8)14-7-12(2,3)15-11/h5-6H,4,7H2,1-3H3. The van der Waals surface area contributed by atoms with E-state index < -0.39 is 0 Å². The van der Waals surface area contributed by atoms with Gasteiger partial charge in [-0.05, 0) is 38.0 Å². The van der Waals surface area contributed by atoms with Crippen LogP contribution in [0.15, 0.2) is 12.1 Å². The van der Waals surface area contributed by atoms with Crippen LogP contribution in [0, 0.1) is 0 Å². The number of rotatable bonds is 1. The van der Waals surface area contributed by atoms with Crippen LogP contribution in [0.2, 0.25) is 5.02 Å². The van der Waals surface area contributed by atoms with Gasteiger partial charge in [-0.1, -0.05) is 18.5 Å². The lowest BCUT2D eigenvalue weighted by molar-refractivity contribution is 0.0213. The first-order valence-corrected chi connectivity index (χ1v) is 5.54. The van der Waals surface area contributed by atoms with Gasteiger partial charge in [0.25, 0.3) is 0 Å². The Morgan fingerprint density at radius 2 is 2.13 bits per heavy atom. The molecule has 0 bridgehead atoms. The fourth-order valence-corrected chi connectivity index (χ4v) is 1.86. The Balaban J connectivity index is 2.44. The van der Waals surface area contributed by atoms with Gasteiger partial charge in [0.05, 0.1) is 5.02 Å². The molecule has 1 aromatic rings. The number of halogens is 1. The summed E-state index contributed by atoms with van der Waals surface area (Å²) in [5.74, 6) is 1.43. The zero-order chi connectivity index (χ0) is 11.1. The predicted molar refractivity (Wildman–Crippen MR) is 61.0 cm³/mol. The molecule has 0 amide bonds. The molecule has 2 rings (SSSR count). The van der Waals surface area contributed by atoms with Crippen LogP contribution in [0.4, 0.5) is 0 Å². The molecule has 0 aromatic heterocycles. The fraction of sp³-hybridized carbons (Fsp3) is 0.500. The number of benzene rings is 1. The molecular weight excluding hydrogens is 212 g/mol. The fourth-order valence-electron chi connectivity index (χ4n) is 1.59. The van der Waals surface area contributed by atoms with E-state index in [0.29, 0.717) is 17.4 Å². The van der Waals surface area contributed by atoms with Crippen molar-refractivity contribution in [2.24, 2.45) is 0 Å². The molecule has 82 valence electrons. The molecule has 0 saturated carbocycles. The van der Waals surface area contributed by atoms with E-state index in [9.17, 15) is 0 Å². The van der Waals surface area contributed by atoms with Gasteiger partial charge < -0.3 is 9.47 Å². The second-order valence-corrected chi connectivity index (χ2v) is 4.82. The molecule has 0 unspecified atom stereocenters. The highest BCUT2D eigenvalue weighted by atomic mass is 35.5. The SMILES string of the molecule is CCc1cc(Cl)c2c(c1)OCC(C)(C)O2. The third-order valence-electron chi connectivity index (χ3n) is 2.43. The van der Waals surface area contributed by atoms with Gasteiger partial charge >= 0.3 is 0 Å². The summed E-state index contributed by atoms with van der Waals surface area (Å²) in [4.78, 5) is 0. The minimum atomic E-state index is -0.301. The van der Waals surface area contributed by atoms with Gasteiger partial charge in [0, 0.05) is 0 Å². The predicted octanol–water partition coefficient (Wildman–Crippen LogP) is 3.45. The largest absolute Gasteiger partial charge is 0.485 e. The average Bonchev–Trinajstić information content (AvgIpc) is 2.18. The lowest BCUT2D eigenvalue weighted by Gasteiger charge is -2.33. The van der Waals surface area contributed by atoms with E-state index in [1.165, 1.54) is 5.56 Å². The van der Waals surface area contributed by atoms with E-state index >= 15 is 0 Å². The zero-order valence-corrected chi connectivity index (χ0v) is 10.0. The zero-order valence-electron chi connectivity index (χ0n) is 9.26. The molecule has 1 aliphatic heterocycles. The molecule has 0 radical (unpaired) electrons. The van der Waals surface area contributed by atoms with Gasteiger partial charge in [0.15, 0.2) is 11.5 Å². The molecule has 0 spiro atoms. The van der Waals surface area contributed by atoms with E-state index in [0.717, 1.165) is 12.2 Å². The Kier molecular flexibility index (Phi) is 2.55. The van der Waals surface area contributed by atoms with Crippen LogP contribution in [-0.2, 0) is 6.42 Å². The molecular formula is C12H15ClO2. The second kappa shape index (κ2) is 3.60. The van der Waals surface area contributed by atoms with E-state index in [-0.39, 0.29) is 5.60 Å². The number of hydrogen-bond donors (Lipinski definition) is 0. The molecule has 2 nitrogen and oxygen atoms in total. The molecule has 1 aromatic carbocycles. The molecule has 0 N–H and O–H groups in total. The maximum atomic E-state index is 6.15. The normalized spacial score (nSPS) is 17.6. The van der Waals surface area contributed by atoms with Gasteiger partial charge in [-0.25, -0.2) is 0 Å². The van der Waals surface area contributed by atoms with Crippen molar-refractivity contribution in [3.05, 3.63) is 22.7 Å². The number of ether oxygens (including phenoxy) is 2. The Labute approximate surface area is 95.1 Å². The molecule has 15 heavy (non-hydrogen) atoms. The highest BCUT2D eigenvalue weighted by Gasteiger charge is 2.29. The van der Waals surface area contributed by atoms with Crippen LogP contribution < -0.4 is 9.47 Å². The third-order valence-corrected chi connectivity index (χ3v) is 2.71. The van der Waals surface area contributed by atoms with Gasteiger partial charge in [-0.15, -0.1) is 0 Å². The molecule has 3 heteroatoms. The first kappa shape index (κ1) is 10.6. The molecule has 1 aliphatic rings. The van der Waals surface area contributed by atoms with Crippen molar-refractivity contribution >= 4 is 11.6 Å². The molecule has 0 atom stereocenters. The Hall–Kier alpha value is -0.890. The molecule has 0 aliphatic carbocycles. The minimum absolute atomic E-state index is 0.301. The van der Waals surface area contributed by atoms with Crippen molar-refractivity contribution in [3.63, 3.8) is 0 Å². The summed E-state index contributed by atoms with van der Waals surface area (Å²) in [7, 11) is 0. The summed E-state index contributed by atoms with van der Waals surface area (Å²) in [5, 5.41) is 0.636. The van der Waals surface area contributed by atoms with Gasteiger partial charge in [0.1, 0.15) is 12.2 Å². The molecule has 0 saturated heterocycles. The maximum Gasteiger partial charge on any atom is 0.180 e. The van der Waals surface area contributed by atoms with Crippen LogP contribution in [-0.4, -0.2) is 12.2 Å². The summed E-state index contributed by atoms with van der Waals surface area (Å²) in [6.07, 6.45) is 0.944. The van der Waals surface area contributed by atoms with Crippen molar-refractivity contribution in [3.8, 4) is 11.5 Å². The van der Waals surface area contributed by atoms with Crippen molar-refractivity contribution < 1.29 is 9.47 Å². The minimum Gasteiger partial charge on any atom is -0.485 e. The number of fused-ring (bicyclic) bond motifs is 1. The summed E-state index contributed by atoms with van der Waals surface area (Å²) in [6.45, 7) is 6.62. The summed E-state index contributed by atoms with van der Waals surface area (Å²) in [6, 6.07) is 3.93. The van der Waals surface area contributed by atoms with Gasteiger partial charge in [0.2, 0.25) is 0 Å². The first-order chi connectivity index (χ1) is 7.02. The lowest BCUT2D eigenvalue weighted by Crippen LogP contribution is -2.38. The van der Waals surface area contributed by atoms with Crippen molar-refractivity contribution in [1.82, 2.24) is 0 Å². The van der Waals surface area contributed by atoms with Crippen LogP contribution in [0.1, 0.15) is 26.3 Å². The maximum absolute atomic E-state index is 6.15. The Morgan fingerprint density at radius 3 is 2.80 bits per heavy atom. The van der Waals surface area contributed by atoms with E-state index in [4.69, 9.17) is 21.1 Å². The van der Waals surface area contributed by atoms with Gasteiger partial charge in [-0.2, -0.15) is 0 Å². The second-order valence-electron chi connectivity index (χ2n) is 4.41. The van der Waals surface area contributed by atoms with Gasteiger partial charge in [-0.3, -0.25) is 0 Å². The monoisotopic (exact) mass is 226 g/mol. The van der Waals surface area contributed by atoms with Crippen molar-refractivity contribution in [2.45, 2.75) is 32.8 Å². The third kappa shape index (κ3) is 2.05. The topological polar surface area (TPSA) is 18.5 Å². The van der Waals surface area contributed by atoms with Crippen LogP contribution in [0.5, 0.6) is 11.5 Å².